The molecule has 0 fully saturated rings. The second-order valence-electron chi connectivity index (χ2n) is 6.12. The lowest BCUT2D eigenvalue weighted by atomic mass is 9.90. The van der Waals surface area contributed by atoms with Crippen molar-refractivity contribution < 1.29 is 22.8 Å². The highest BCUT2D eigenvalue weighted by Gasteiger charge is 2.37. The fraction of sp³-hybridized carbons (Fsp3) is 0.222. The summed E-state index contributed by atoms with van der Waals surface area (Å²) in [5.74, 6) is -1.36. The number of halogens is 4. The van der Waals surface area contributed by atoms with Crippen molar-refractivity contribution in [3.63, 3.8) is 0 Å². The van der Waals surface area contributed by atoms with Crippen LogP contribution in [0.2, 0.25) is 5.02 Å². The van der Waals surface area contributed by atoms with Crippen molar-refractivity contribution in [2.45, 2.75) is 20.0 Å². The molecule has 0 aliphatic carbocycles. The van der Waals surface area contributed by atoms with Crippen molar-refractivity contribution >= 4 is 34.8 Å². The number of nitrogens with one attached hydrogen (secondary N) is 2. The average Bonchev–Trinajstić information content (AvgIpc) is 2.54. The van der Waals surface area contributed by atoms with Crippen LogP contribution in [0.15, 0.2) is 48.5 Å². The topological polar surface area (TPSA) is 58.2 Å². The van der Waals surface area contributed by atoms with Gasteiger partial charge in [-0.3, -0.25) is 9.59 Å². The molecular formula is C18H16ClF3N2O2. The van der Waals surface area contributed by atoms with Gasteiger partial charge in [0, 0.05) is 16.4 Å². The minimum Gasteiger partial charge on any atom is -0.325 e. The number of carbonyl (C=O) groups excluding carboxylic acids is 2. The summed E-state index contributed by atoms with van der Waals surface area (Å²) in [4.78, 5) is 24.8. The minimum absolute atomic E-state index is 0.0477. The zero-order valence-electron chi connectivity index (χ0n) is 13.9. The predicted molar refractivity (Wildman–Crippen MR) is 93.9 cm³/mol. The Morgan fingerprint density at radius 1 is 0.885 bits per heavy atom. The Kier molecular flexibility index (Phi) is 5.61. The first-order valence-electron chi connectivity index (χ1n) is 7.56. The SMILES string of the molecule is CC(C)(C(=O)Nc1cccc(Cl)c1)C(=O)Nc1cccc(C(F)(F)F)c1. The first-order valence-corrected chi connectivity index (χ1v) is 7.93. The number of anilines is 2. The predicted octanol–water partition coefficient (Wildman–Crippen LogP) is 4.96. The summed E-state index contributed by atoms with van der Waals surface area (Å²) in [6.07, 6.45) is -4.53. The lowest BCUT2D eigenvalue weighted by molar-refractivity contribution is -0.138. The Balaban J connectivity index is 2.13. The van der Waals surface area contributed by atoms with Crippen LogP contribution >= 0.6 is 11.6 Å². The fourth-order valence-corrected chi connectivity index (χ4v) is 2.21. The molecule has 0 aliphatic rings. The van der Waals surface area contributed by atoms with Gasteiger partial charge in [0.1, 0.15) is 5.41 Å². The number of hydrogen-bond donors (Lipinski definition) is 2. The summed E-state index contributed by atoms with van der Waals surface area (Å²) in [5, 5.41) is 5.32. The van der Waals surface area contributed by atoms with Crippen LogP contribution in [0.1, 0.15) is 19.4 Å². The third-order valence-electron chi connectivity index (χ3n) is 3.67. The molecule has 2 aromatic carbocycles. The molecule has 0 atom stereocenters. The maximum absolute atomic E-state index is 12.8. The number of rotatable bonds is 4. The highest BCUT2D eigenvalue weighted by molar-refractivity contribution is 6.31. The van der Waals surface area contributed by atoms with E-state index >= 15 is 0 Å². The summed E-state index contributed by atoms with van der Waals surface area (Å²) in [7, 11) is 0. The molecule has 0 saturated carbocycles. The molecule has 0 aromatic heterocycles. The fourth-order valence-electron chi connectivity index (χ4n) is 2.02. The molecule has 2 amide bonds. The van der Waals surface area contributed by atoms with Crippen LogP contribution in [0.3, 0.4) is 0 Å². The van der Waals surface area contributed by atoms with Gasteiger partial charge in [0.15, 0.2) is 0 Å². The third-order valence-corrected chi connectivity index (χ3v) is 3.90. The van der Waals surface area contributed by atoms with E-state index < -0.39 is 29.0 Å². The Labute approximate surface area is 153 Å². The van der Waals surface area contributed by atoms with Gasteiger partial charge in [-0.05, 0) is 50.2 Å². The van der Waals surface area contributed by atoms with Crippen LogP contribution in [-0.4, -0.2) is 11.8 Å². The molecule has 2 N–H and O–H groups in total. The lowest BCUT2D eigenvalue weighted by Gasteiger charge is -2.23. The third kappa shape index (κ3) is 4.76. The molecule has 26 heavy (non-hydrogen) atoms. The van der Waals surface area contributed by atoms with Gasteiger partial charge in [-0.25, -0.2) is 0 Å². The Hall–Kier alpha value is -2.54. The number of carbonyl (C=O) groups is 2. The van der Waals surface area contributed by atoms with Gasteiger partial charge < -0.3 is 10.6 Å². The monoisotopic (exact) mass is 384 g/mol. The van der Waals surface area contributed by atoms with E-state index in [-0.39, 0.29) is 5.69 Å². The van der Waals surface area contributed by atoms with Crippen LogP contribution in [0, 0.1) is 5.41 Å². The van der Waals surface area contributed by atoms with Crippen LogP contribution in [-0.2, 0) is 15.8 Å². The van der Waals surface area contributed by atoms with E-state index in [1.54, 1.807) is 18.2 Å². The van der Waals surface area contributed by atoms with E-state index in [1.807, 2.05) is 0 Å². The quantitative estimate of drug-likeness (QED) is 0.732. The first-order chi connectivity index (χ1) is 12.0. The minimum atomic E-state index is -4.53. The summed E-state index contributed by atoms with van der Waals surface area (Å²) in [6.45, 7) is 2.74. The maximum atomic E-state index is 12.8. The van der Waals surface area contributed by atoms with Crippen molar-refractivity contribution in [3.05, 3.63) is 59.1 Å². The Morgan fingerprint density at radius 2 is 1.38 bits per heavy atom. The van der Waals surface area contributed by atoms with Gasteiger partial charge in [0.25, 0.3) is 0 Å². The molecule has 2 aromatic rings. The van der Waals surface area contributed by atoms with Gasteiger partial charge >= 0.3 is 6.18 Å². The number of benzene rings is 2. The van der Waals surface area contributed by atoms with Crippen molar-refractivity contribution in [1.29, 1.82) is 0 Å². The normalized spacial score (nSPS) is 11.8. The van der Waals surface area contributed by atoms with Crippen molar-refractivity contribution in [3.8, 4) is 0 Å². The largest absolute Gasteiger partial charge is 0.416 e. The van der Waals surface area contributed by atoms with E-state index in [4.69, 9.17) is 11.6 Å². The molecule has 0 bridgehead atoms. The van der Waals surface area contributed by atoms with E-state index in [0.717, 1.165) is 12.1 Å². The van der Waals surface area contributed by atoms with Crippen molar-refractivity contribution in [2.75, 3.05) is 10.6 Å². The summed E-state index contributed by atoms with van der Waals surface area (Å²) >= 11 is 5.84. The second-order valence-corrected chi connectivity index (χ2v) is 6.56. The number of hydrogen-bond acceptors (Lipinski definition) is 2. The molecule has 0 radical (unpaired) electrons. The molecule has 0 saturated heterocycles. The zero-order chi connectivity index (χ0) is 19.5. The summed E-state index contributed by atoms with van der Waals surface area (Å²) < 4.78 is 38.3. The standard InChI is InChI=1S/C18H16ClF3N2O2/c1-17(2,16(26)24-14-8-4-6-12(19)10-14)15(25)23-13-7-3-5-11(9-13)18(20,21)22/h3-10H,1-2H3,(H,23,25)(H,24,26). The van der Waals surface area contributed by atoms with Gasteiger partial charge in [0.2, 0.25) is 11.8 Å². The van der Waals surface area contributed by atoms with Crippen molar-refractivity contribution in [2.24, 2.45) is 5.41 Å². The van der Waals surface area contributed by atoms with Crippen LogP contribution in [0.4, 0.5) is 24.5 Å². The summed E-state index contributed by atoms with van der Waals surface area (Å²) in [6, 6.07) is 10.6. The molecule has 0 heterocycles. The number of alkyl halides is 3. The zero-order valence-corrected chi connectivity index (χ0v) is 14.7. The molecule has 138 valence electrons. The molecule has 0 aliphatic heterocycles. The van der Waals surface area contributed by atoms with E-state index in [9.17, 15) is 22.8 Å². The number of amides is 2. The maximum Gasteiger partial charge on any atom is 0.416 e. The summed E-state index contributed by atoms with van der Waals surface area (Å²) in [5.41, 5.74) is -2.07. The van der Waals surface area contributed by atoms with Crippen LogP contribution < -0.4 is 10.6 Å². The van der Waals surface area contributed by atoms with Gasteiger partial charge in [-0.2, -0.15) is 13.2 Å². The molecule has 0 unspecified atom stereocenters. The van der Waals surface area contributed by atoms with Gasteiger partial charge in [0.05, 0.1) is 5.56 Å². The molecule has 2 rings (SSSR count). The van der Waals surface area contributed by atoms with E-state index in [0.29, 0.717) is 10.7 Å². The van der Waals surface area contributed by atoms with E-state index in [2.05, 4.69) is 10.6 Å². The van der Waals surface area contributed by atoms with E-state index in [1.165, 1.54) is 32.0 Å². The van der Waals surface area contributed by atoms with Crippen LogP contribution in [0.25, 0.3) is 0 Å². The van der Waals surface area contributed by atoms with Gasteiger partial charge in [-0.1, -0.05) is 23.7 Å². The van der Waals surface area contributed by atoms with Crippen molar-refractivity contribution in [1.82, 2.24) is 0 Å². The lowest BCUT2D eigenvalue weighted by Crippen LogP contribution is -2.41. The van der Waals surface area contributed by atoms with Crippen LogP contribution in [0.5, 0.6) is 0 Å². The smallest absolute Gasteiger partial charge is 0.325 e. The molecule has 4 nitrogen and oxygen atoms in total. The van der Waals surface area contributed by atoms with Gasteiger partial charge in [-0.15, -0.1) is 0 Å². The molecule has 8 heteroatoms. The highest BCUT2D eigenvalue weighted by Crippen LogP contribution is 2.31. The Bertz CT molecular complexity index is 835. The Morgan fingerprint density at radius 3 is 1.88 bits per heavy atom. The molecule has 0 spiro atoms. The highest BCUT2D eigenvalue weighted by atomic mass is 35.5. The second kappa shape index (κ2) is 7.37. The average molecular weight is 385 g/mol. The first kappa shape index (κ1) is 19.8. The molecular weight excluding hydrogens is 369 g/mol.